The van der Waals surface area contributed by atoms with Gasteiger partial charge in [0.1, 0.15) is 4.90 Å². The Bertz CT molecular complexity index is 529. The highest BCUT2D eigenvalue weighted by Gasteiger charge is 2.23. The molecule has 0 aliphatic rings. The maximum atomic E-state index is 12.4. The zero-order valence-electron chi connectivity index (χ0n) is 13.1. The molecule has 1 aromatic heterocycles. The third-order valence-corrected chi connectivity index (χ3v) is 4.70. The fourth-order valence-corrected chi connectivity index (χ4v) is 3.30. The first kappa shape index (κ1) is 18.1. The predicted octanol–water partition coefficient (Wildman–Crippen LogP) is -0.706. The van der Waals surface area contributed by atoms with Gasteiger partial charge in [-0.15, -0.1) is 0 Å². The summed E-state index contributed by atoms with van der Waals surface area (Å²) < 4.78 is 32.3. The molecule has 0 saturated carbocycles. The van der Waals surface area contributed by atoms with E-state index in [-0.39, 0.29) is 4.90 Å². The van der Waals surface area contributed by atoms with Crippen molar-refractivity contribution in [1.29, 1.82) is 0 Å². The zero-order valence-corrected chi connectivity index (χ0v) is 13.9. The van der Waals surface area contributed by atoms with Crippen molar-refractivity contribution in [2.24, 2.45) is 0 Å². The van der Waals surface area contributed by atoms with Gasteiger partial charge in [0.15, 0.2) is 0 Å². The summed E-state index contributed by atoms with van der Waals surface area (Å²) in [5, 5.41) is 9.65. The van der Waals surface area contributed by atoms with E-state index >= 15 is 0 Å². The Kier molecular flexibility index (Phi) is 7.26. The van der Waals surface area contributed by atoms with Crippen LogP contribution in [0.1, 0.15) is 11.4 Å². The molecular weight excluding hydrogens is 294 g/mol. The Hall–Kier alpha value is -1.00. The van der Waals surface area contributed by atoms with Crippen LogP contribution in [0.15, 0.2) is 4.90 Å². The number of sulfonamides is 1. The van der Waals surface area contributed by atoms with E-state index in [1.54, 1.807) is 21.1 Å². The lowest BCUT2D eigenvalue weighted by molar-refractivity contribution is 0.162. The van der Waals surface area contributed by atoms with E-state index in [0.29, 0.717) is 37.6 Å². The number of nitrogens with one attached hydrogen (secondary N) is 3. The van der Waals surface area contributed by atoms with Crippen molar-refractivity contribution in [2.75, 3.05) is 47.4 Å². The highest BCUT2D eigenvalue weighted by Crippen LogP contribution is 2.16. The number of aryl methyl sites for hydroxylation is 1. The monoisotopic (exact) mass is 319 g/mol. The molecule has 0 aliphatic carbocycles. The number of rotatable bonds is 10. The quantitative estimate of drug-likeness (QED) is 0.527. The second-order valence-electron chi connectivity index (χ2n) is 4.85. The third-order valence-electron chi connectivity index (χ3n) is 3.04. The summed E-state index contributed by atoms with van der Waals surface area (Å²) in [5.74, 6) is 0. The van der Waals surface area contributed by atoms with Crippen molar-refractivity contribution in [1.82, 2.24) is 25.1 Å². The molecule has 0 bridgehead atoms. The van der Waals surface area contributed by atoms with Gasteiger partial charge in [0.25, 0.3) is 0 Å². The Morgan fingerprint density at radius 3 is 2.71 bits per heavy atom. The molecule has 8 nitrogen and oxygen atoms in total. The van der Waals surface area contributed by atoms with Crippen LogP contribution in [0, 0.1) is 6.92 Å². The van der Waals surface area contributed by atoms with E-state index < -0.39 is 10.0 Å². The number of nitrogens with zero attached hydrogens (tertiary/aromatic N) is 2. The number of likely N-dealkylation sites (N-methyl/N-ethyl adjacent to an activating group) is 1. The molecule has 0 saturated heterocycles. The molecule has 0 radical (unpaired) electrons. The fourth-order valence-electron chi connectivity index (χ4n) is 1.92. The van der Waals surface area contributed by atoms with Gasteiger partial charge in [-0.1, -0.05) is 0 Å². The first-order chi connectivity index (χ1) is 9.92. The summed E-state index contributed by atoms with van der Waals surface area (Å²) in [5.41, 5.74) is 1.04. The van der Waals surface area contributed by atoms with Crippen LogP contribution in [0.25, 0.3) is 0 Å². The zero-order chi connectivity index (χ0) is 15.9. The minimum Gasteiger partial charge on any atom is -0.383 e. The smallest absolute Gasteiger partial charge is 0.244 e. The fraction of sp³-hybridized carbons (Fsp3) is 0.750. The molecule has 122 valence electrons. The van der Waals surface area contributed by atoms with Crippen molar-refractivity contribution < 1.29 is 13.2 Å². The van der Waals surface area contributed by atoms with Gasteiger partial charge in [0.2, 0.25) is 10.0 Å². The standard InChI is InChI=1S/C12H25N5O3S/c1-10-12(11(9-13-2)16-15-10)21(18,19)14-5-6-17(3)7-8-20-4/h13-14H,5-9H2,1-4H3,(H,15,16). The highest BCUT2D eigenvalue weighted by atomic mass is 32.2. The predicted molar refractivity (Wildman–Crippen MR) is 80.6 cm³/mol. The summed E-state index contributed by atoms with van der Waals surface area (Å²) >= 11 is 0. The van der Waals surface area contributed by atoms with Crippen LogP contribution < -0.4 is 10.0 Å². The number of ether oxygens (including phenoxy) is 1. The van der Waals surface area contributed by atoms with E-state index in [1.807, 2.05) is 11.9 Å². The molecule has 0 fully saturated rings. The molecule has 0 aromatic carbocycles. The summed E-state index contributed by atoms with van der Waals surface area (Å²) in [6, 6.07) is 0. The van der Waals surface area contributed by atoms with Crippen LogP contribution in [0.3, 0.4) is 0 Å². The van der Waals surface area contributed by atoms with Crippen molar-refractivity contribution in [3.63, 3.8) is 0 Å². The van der Waals surface area contributed by atoms with Gasteiger partial charge in [-0.05, 0) is 21.0 Å². The van der Waals surface area contributed by atoms with E-state index in [0.717, 1.165) is 6.54 Å². The normalized spacial score (nSPS) is 12.2. The molecule has 1 aromatic rings. The topological polar surface area (TPSA) is 99.3 Å². The largest absolute Gasteiger partial charge is 0.383 e. The van der Waals surface area contributed by atoms with Gasteiger partial charge in [-0.2, -0.15) is 5.10 Å². The SMILES string of the molecule is CNCc1n[nH]c(C)c1S(=O)(=O)NCCN(C)CCOC. The minimum atomic E-state index is -3.56. The van der Waals surface area contributed by atoms with Crippen LogP contribution in [0.5, 0.6) is 0 Å². The minimum absolute atomic E-state index is 0.233. The molecule has 0 aliphatic heterocycles. The number of H-pyrrole nitrogens is 1. The number of methoxy groups -OCH3 is 1. The Labute approximate surface area is 126 Å². The molecule has 1 rings (SSSR count). The lowest BCUT2D eigenvalue weighted by Crippen LogP contribution is -2.35. The maximum Gasteiger partial charge on any atom is 0.244 e. The average molecular weight is 319 g/mol. The Morgan fingerprint density at radius 2 is 2.10 bits per heavy atom. The van der Waals surface area contributed by atoms with Gasteiger partial charge < -0.3 is 15.0 Å². The Morgan fingerprint density at radius 1 is 1.38 bits per heavy atom. The van der Waals surface area contributed by atoms with Crippen LogP contribution in [0.2, 0.25) is 0 Å². The van der Waals surface area contributed by atoms with Crippen molar-refractivity contribution in [2.45, 2.75) is 18.4 Å². The van der Waals surface area contributed by atoms with Crippen LogP contribution in [-0.2, 0) is 21.3 Å². The maximum absolute atomic E-state index is 12.4. The second kappa shape index (κ2) is 8.44. The summed E-state index contributed by atoms with van der Waals surface area (Å²) in [4.78, 5) is 2.24. The molecule has 0 spiro atoms. The number of hydrogen-bond donors (Lipinski definition) is 3. The number of aromatic amines is 1. The summed E-state index contributed by atoms with van der Waals surface area (Å²) in [7, 11) is 1.75. The molecule has 0 unspecified atom stereocenters. The van der Waals surface area contributed by atoms with Gasteiger partial charge in [0.05, 0.1) is 18.0 Å². The first-order valence-corrected chi connectivity index (χ1v) is 8.26. The molecule has 21 heavy (non-hydrogen) atoms. The van der Waals surface area contributed by atoms with Gasteiger partial charge in [-0.25, -0.2) is 13.1 Å². The first-order valence-electron chi connectivity index (χ1n) is 6.78. The lowest BCUT2D eigenvalue weighted by atomic mass is 10.4. The lowest BCUT2D eigenvalue weighted by Gasteiger charge is -2.16. The molecular formula is C12H25N5O3S. The van der Waals surface area contributed by atoms with Crippen molar-refractivity contribution in [3.8, 4) is 0 Å². The molecule has 0 atom stereocenters. The highest BCUT2D eigenvalue weighted by molar-refractivity contribution is 7.89. The van der Waals surface area contributed by atoms with Crippen LogP contribution in [-0.4, -0.2) is 71.0 Å². The number of hydrogen-bond acceptors (Lipinski definition) is 6. The van der Waals surface area contributed by atoms with E-state index in [2.05, 4.69) is 20.2 Å². The van der Waals surface area contributed by atoms with Crippen LogP contribution in [0.4, 0.5) is 0 Å². The van der Waals surface area contributed by atoms with Gasteiger partial charge in [-0.3, -0.25) is 5.10 Å². The Balaban J connectivity index is 2.63. The second-order valence-corrected chi connectivity index (χ2v) is 6.55. The van der Waals surface area contributed by atoms with Crippen LogP contribution >= 0.6 is 0 Å². The summed E-state index contributed by atoms with van der Waals surface area (Å²) in [6.07, 6.45) is 0. The molecule has 3 N–H and O–H groups in total. The summed E-state index contributed by atoms with van der Waals surface area (Å²) in [6.45, 7) is 4.43. The molecule has 0 amide bonds. The molecule has 1 heterocycles. The average Bonchev–Trinajstić information content (AvgIpc) is 2.78. The third kappa shape index (κ3) is 5.36. The van der Waals surface area contributed by atoms with E-state index in [4.69, 9.17) is 4.74 Å². The van der Waals surface area contributed by atoms with Crippen molar-refractivity contribution in [3.05, 3.63) is 11.4 Å². The van der Waals surface area contributed by atoms with Crippen molar-refractivity contribution >= 4 is 10.0 Å². The van der Waals surface area contributed by atoms with Gasteiger partial charge in [0, 0.05) is 33.3 Å². The number of aromatic nitrogens is 2. The van der Waals surface area contributed by atoms with Gasteiger partial charge >= 0.3 is 0 Å². The van der Waals surface area contributed by atoms with E-state index in [1.165, 1.54) is 0 Å². The molecule has 9 heteroatoms. The van der Waals surface area contributed by atoms with E-state index in [9.17, 15) is 8.42 Å².